The zero-order chi connectivity index (χ0) is 13.5. The van der Waals surface area contributed by atoms with Gasteiger partial charge in [0.05, 0.1) is 0 Å². The van der Waals surface area contributed by atoms with Gasteiger partial charge in [-0.25, -0.2) is 4.98 Å². The maximum absolute atomic E-state index is 11.6. The highest BCUT2D eigenvalue weighted by Gasteiger charge is 2.38. The van der Waals surface area contributed by atoms with Crippen LogP contribution < -0.4 is 10.9 Å². The van der Waals surface area contributed by atoms with Crippen LogP contribution in [0.2, 0.25) is 0 Å². The van der Waals surface area contributed by atoms with E-state index in [-0.39, 0.29) is 5.56 Å². The predicted octanol–water partition coefficient (Wildman–Crippen LogP) is 2.39. The Morgan fingerprint density at radius 2 is 2.35 bits per heavy atom. The van der Waals surface area contributed by atoms with Crippen LogP contribution in [0.5, 0.6) is 0 Å². The summed E-state index contributed by atoms with van der Waals surface area (Å²) in [7, 11) is 0. The first-order valence-corrected chi connectivity index (χ1v) is 8.20. The molecule has 6 heteroatoms. The number of anilines is 1. The van der Waals surface area contributed by atoms with Crippen molar-refractivity contribution in [3.05, 3.63) is 22.6 Å². The molecule has 0 radical (unpaired) electrons. The number of rotatable bonds is 4. The van der Waals surface area contributed by atoms with E-state index >= 15 is 0 Å². The van der Waals surface area contributed by atoms with Gasteiger partial charge in [-0.3, -0.25) is 4.79 Å². The lowest BCUT2D eigenvalue weighted by molar-refractivity contribution is 0.321. The van der Waals surface area contributed by atoms with E-state index in [1.165, 1.54) is 60.2 Å². The van der Waals surface area contributed by atoms with Gasteiger partial charge >= 0.3 is 0 Å². The van der Waals surface area contributed by atoms with E-state index in [0.717, 1.165) is 29.4 Å². The second-order valence-corrected chi connectivity index (χ2v) is 6.99. The molecule has 2 aromatic heterocycles. The van der Waals surface area contributed by atoms with Gasteiger partial charge in [0.2, 0.25) is 10.1 Å². The molecule has 2 saturated carbocycles. The van der Waals surface area contributed by atoms with Crippen LogP contribution in [0.1, 0.15) is 32.1 Å². The van der Waals surface area contributed by atoms with Gasteiger partial charge < -0.3 is 5.32 Å². The van der Waals surface area contributed by atoms with Gasteiger partial charge in [0.25, 0.3) is 5.56 Å². The number of nitrogens with one attached hydrogen (secondary N) is 1. The maximum Gasteiger partial charge on any atom is 0.275 e. The third kappa shape index (κ3) is 2.12. The first kappa shape index (κ1) is 12.3. The molecule has 0 spiro atoms. The Morgan fingerprint density at radius 3 is 3.10 bits per heavy atom. The molecule has 2 aromatic rings. The van der Waals surface area contributed by atoms with E-state index in [4.69, 9.17) is 0 Å². The highest BCUT2D eigenvalue weighted by Crippen LogP contribution is 2.49. The number of fused-ring (bicyclic) bond motifs is 3. The Morgan fingerprint density at radius 1 is 1.40 bits per heavy atom. The molecule has 2 heterocycles. The summed E-state index contributed by atoms with van der Waals surface area (Å²) >= 11 is 1.44. The summed E-state index contributed by atoms with van der Waals surface area (Å²) in [5, 5.41) is 8.42. The van der Waals surface area contributed by atoms with E-state index in [2.05, 4.69) is 15.4 Å². The summed E-state index contributed by atoms with van der Waals surface area (Å²) in [6, 6.07) is 1.44. The molecule has 2 bridgehead atoms. The van der Waals surface area contributed by atoms with Crippen LogP contribution in [0.4, 0.5) is 5.13 Å². The van der Waals surface area contributed by atoms with Crippen LogP contribution in [0, 0.1) is 17.8 Å². The van der Waals surface area contributed by atoms with Gasteiger partial charge in [-0.15, -0.1) is 5.10 Å². The molecule has 0 saturated heterocycles. The van der Waals surface area contributed by atoms with E-state index in [1.807, 2.05) is 0 Å². The van der Waals surface area contributed by atoms with Gasteiger partial charge in [0.1, 0.15) is 0 Å². The normalized spacial score (nSPS) is 28.3. The first-order valence-electron chi connectivity index (χ1n) is 7.38. The SMILES string of the molecule is O=c1ccnc2sc(NCC[C@H]3C[C@H]4CC[C@H]3C4)nn12. The van der Waals surface area contributed by atoms with Gasteiger partial charge in [-0.1, -0.05) is 17.8 Å². The molecule has 0 amide bonds. The van der Waals surface area contributed by atoms with Crippen molar-refractivity contribution in [3.8, 4) is 0 Å². The van der Waals surface area contributed by atoms with Crippen molar-refractivity contribution in [1.82, 2.24) is 14.6 Å². The van der Waals surface area contributed by atoms with Gasteiger partial charge in [0, 0.05) is 18.8 Å². The fourth-order valence-electron chi connectivity index (χ4n) is 3.91. The highest BCUT2D eigenvalue weighted by molar-refractivity contribution is 7.20. The molecular weight excluding hydrogens is 272 g/mol. The lowest BCUT2D eigenvalue weighted by Crippen LogP contribution is -2.15. The smallest absolute Gasteiger partial charge is 0.275 e. The topological polar surface area (TPSA) is 59.3 Å². The van der Waals surface area contributed by atoms with Crippen molar-refractivity contribution in [2.24, 2.45) is 17.8 Å². The second-order valence-electron chi connectivity index (χ2n) is 6.04. The molecule has 106 valence electrons. The van der Waals surface area contributed by atoms with Crippen LogP contribution in [-0.4, -0.2) is 21.1 Å². The molecule has 20 heavy (non-hydrogen) atoms. The Kier molecular flexibility index (Phi) is 2.98. The van der Waals surface area contributed by atoms with E-state index in [0.29, 0.717) is 4.96 Å². The summed E-state index contributed by atoms with van der Waals surface area (Å²) in [5.74, 6) is 2.88. The Balaban J connectivity index is 1.39. The molecule has 4 rings (SSSR count). The standard InChI is InChI=1S/C14H18N4OS/c19-12-4-6-16-14-18(12)17-13(20-14)15-5-3-11-8-9-1-2-10(11)7-9/h4,6,9-11H,1-3,5,7-8H2,(H,15,17)/t9-,10-,11-/m0/s1. The third-order valence-corrected chi connectivity index (χ3v) is 5.73. The molecule has 0 aromatic carbocycles. The molecule has 5 nitrogen and oxygen atoms in total. The quantitative estimate of drug-likeness (QED) is 0.939. The average Bonchev–Trinajstić information content (AvgIpc) is 3.13. The number of hydrogen-bond donors (Lipinski definition) is 1. The molecule has 0 unspecified atom stereocenters. The number of aromatic nitrogens is 3. The van der Waals surface area contributed by atoms with E-state index in [1.54, 1.807) is 0 Å². The summed E-state index contributed by atoms with van der Waals surface area (Å²) in [5.41, 5.74) is -0.118. The minimum atomic E-state index is -0.118. The monoisotopic (exact) mass is 290 g/mol. The van der Waals surface area contributed by atoms with Crippen molar-refractivity contribution >= 4 is 21.4 Å². The lowest BCUT2D eigenvalue weighted by atomic mass is 9.86. The average molecular weight is 290 g/mol. The molecule has 3 atom stereocenters. The summed E-state index contributed by atoms with van der Waals surface area (Å²) in [4.78, 5) is 16.4. The van der Waals surface area contributed by atoms with Crippen molar-refractivity contribution in [2.75, 3.05) is 11.9 Å². The van der Waals surface area contributed by atoms with E-state index < -0.39 is 0 Å². The number of nitrogens with zero attached hydrogens (tertiary/aromatic N) is 3. The molecule has 2 aliphatic rings. The second kappa shape index (κ2) is 4.84. The van der Waals surface area contributed by atoms with Gasteiger partial charge in [-0.2, -0.15) is 4.52 Å². The van der Waals surface area contributed by atoms with Crippen molar-refractivity contribution in [2.45, 2.75) is 32.1 Å². The number of hydrogen-bond acceptors (Lipinski definition) is 5. The van der Waals surface area contributed by atoms with Crippen molar-refractivity contribution < 1.29 is 0 Å². The third-order valence-electron chi connectivity index (χ3n) is 4.85. The fourth-order valence-corrected chi connectivity index (χ4v) is 4.71. The van der Waals surface area contributed by atoms with Gasteiger partial charge in [-0.05, 0) is 43.4 Å². The van der Waals surface area contributed by atoms with Crippen LogP contribution >= 0.6 is 11.3 Å². The van der Waals surface area contributed by atoms with E-state index in [9.17, 15) is 4.79 Å². The molecule has 1 N–H and O–H groups in total. The first-order chi connectivity index (χ1) is 9.79. The Hall–Kier alpha value is -1.43. The minimum Gasteiger partial charge on any atom is -0.360 e. The fraction of sp³-hybridized carbons (Fsp3) is 0.643. The summed E-state index contributed by atoms with van der Waals surface area (Å²) in [6.07, 6.45) is 8.55. The Bertz CT molecular complexity index is 679. The van der Waals surface area contributed by atoms with Crippen molar-refractivity contribution in [3.63, 3.8) is 0 Å². The molecular formula is C14H18N4OS. The predicted molar refractivity (Wildman–Crippen MR) is 79.2 cm³/mol. The zero-order valence-electron chi connectivity index (χ0n) is 11.3. The molecule has 0 aliphatic heterocycles. The van der Waals surface area contributed by atoms with Crippen LogP contribution in [0.25, 0.3) is 4.96 Å². The largest absolute Gasteiger partial charge is 0.360 e. The van der Waals surface area contributed by atoms with Crippen molar-refractivity contribution in [1.29, 1.82) is 0 Å². The summed E-state index contributed by atoms with van der Waals surface area (Å²) < 4.78 is 1.37. The summed E-state index contributed by atoms with van der Waals surface area (Å²) in [6.45, 7) is 0.947. The molecule has 2 fully saturated rings. The highest BCUT2D eigenvalue weighted by atomic mass is 32.1. The minimum absolute atomic E-state index is 0.118. The lowest BCUT2D eigenvalue weighted by Gasteiger charge is -2.21. The molecule has 2 aliphatic carbocycles. The Labute approximate surface area is 121 Å². The van der Waals surface area contributed by atoms with Crippen LogP contribution in [0.15, 0.2) is 17.1 Å². The maximum atomic E-state index is 11.6. The van der Waals surface area contributed by atoms with Gasteiger partial charge in [0.15, 0.2) is 0 Å². The van der Waals surface area contributed by atoms with Crippen LogP contribution in [0.3, 0.4) is 0 Å². The van der Waals surface area contributed by atoms with Crippen LogP contribution in [-0.2, 0) is 0 Å². The zero-order valence-corrected chi connectivity index (χ0v) is 12.1.